The van der Waals surface area contributed by atoms with E-state index >= 15 is 0 Å². The molecule has 102 valence electrons. The molecule has 0 N–H and O–H groups in total. The minimum Gasteiger partial charge on any atom is -0.492 e. The summed E-state index contributed by atoms with van der Waals surface area (Å²) in [6.07, 6.45) is 0. The smallest absolute Gasteiger partial charge is 0.130 e. The van der Waals surface area contributed by atoms with Crippen molar-refractivity contribution in [3.8, 4) is 17.0 Å². The Hall–Kier alpha value is -0.910. The van der Waals surface area contributed by atoms with Crippen LogP contribution in [0.4, 0.5) is 0 Å². The molecule has 0 aliphatic heterocycles. The molecule has 2 aromatic carbocycles. The third kappa shape index (κ3) is 2.75. The second kappa shape index (κ2) is 6.24. The standard InChI is InChI=1S/C15H11Br2NOS/c16-8-9-19-12-2-1-3-13-14(12)15(18-20-13)10-4-6-11(17)7-5-10/h1-7H,8-9H2. The van der Waals surface area contributed by atoms with Gasteiger partial charge in [0.2, 0.25) is 0 Å². The molecular weight excluding hydrogens is 402 g/mol. The summed E-state index contributed by atoms with van der Waals surface area (Å²) in [5.41, 5.74) is 2.09. The molecule has 0 atom stereocenters. The molecule has 20 heavy (non-hydrogen) atoms. The molecule has 0 bridgehead atoms. The van der Waals surface area contributed by atoms with Gasteiger partial charge in [-0.1, -0.05) is 50.1 Å². The maximum absolute atomic E-state index is 5.82. The van der Waals surface area contributed by atoms with Crippen LogP contribution in [-0.4, -0.2) is 16.3 Å². The predicted octanol–water partition coefficient (Wildman–Crippen LogP) is 5.50. The molecule has 2 nitrogen and oxygen atoms in total. The lowest BCUT2D eigenvalue weighted by atomic mass is 10.1. The molecular formula is C15H11Br2NOS. The van der Waals surface area contributed by atoms with E-state index in [4.69, 9.17) is 4.74 Å². The van der Waals surface area contributed by atoms with Gasteiger partial charge in [0.25, 0.3) is 0 Å². The third-order valence-corrected chi connectivity index (χ3v) is 4.58. The van der Waals surface area contributed by atoms with E-state index in [0.29, 0.717) is 6.61 Å². The first-order chi connectivity index (χ1) is 9.79. The summed E-state index contributed by atoms with van der Waals surface area (Å²) >= 11 is 8.36. The number of rotatable bonds is 4. The summed E-state index contributed by atoms with van der Waals surface area (Å²) in [5.74, 6) is 0.897. The average molecular weight is 413 g/mol. The van der Waals surface area contributed by atoms with Gasteiger partial charge in [-0.25, -0.2) is 0 Å². The number of halogens is 2. The van der Waals surface area contributed by atoms with Crippen LogP contribution in [0.2, 0.25) is 0 Å². The molecule has 3 aromatic rings. The molecule has 0 unspecified atom stereocenters. The van der Waals surface area contributed by atoms with Gasteiger partial charge >= 0.3 is 0 Å². The zero-order valence-corrected chi connectivity index (χ0v) is 14.5. The number of ether oxygens (including phenoxy) is 1. The monoisotopic (exact) mass is 411 g/mol. The van der Waals surface area contributed by atoms with Crippen LogP contribution in [-0.2, 0) is 0 Å². The summed E-state index contributed by atoms with van der Waals surface area (Å²) in [6, 6.07) is 14.3. The van der Waals surface area contributed by atoms with E-state index in [2.05, 4.69) is 54.4 Å². The first-order valence-electron chi connectivity index (χ1n) is 6.12. The number of hydrogen-bond acceptors (Lipinski definition) is 3. The van der Waals surface area contributed by atoms with E-state index in [1.165, 1.54) is 11.5 Å². The van der Waals surface area contributed by atoms with E-state index in [-0.39, 0.29) is 0 Å². The van der Waals surface area contributed by atoms with Crippen molar-refractivity contribution in [1.29, 1.82) is 0 Å². The minimum absolute atomic E-state index is 0.648. The fourth-order valence-corrected chi connectivity index (χ4v) is 3.28. The van der Waals surface area contributed by atoms with Crippen LogP contribution in [0.25, 0.3) is 21.3 Å². The molecule has 0 spiro atoms. The summed E-state index contributed by atoms with van der Waals surface area (Å²) in [4.78, 5) is 0. The normalized spacial score (nSPS) is 10.9. The molecule has 0 fully saturated rings. The van der Waals surface area contributed by atoms with Crippen molar-refractivity contribution in [1.82, 2.24) is 4.37 Å². The lowest BCUT2D eigenvalue weighted by molar-refractivity contribution is 0.349. The Morgan fingerprint density at radius 2 is 1.90 bits per heavy atom. The van der Waals surface area contributed by atoms with Crippen molar-refractivity contribution in [3.05, 3.63) is 46.9 Å². The SMILES string of the molecule is BrCCOc1cccc2snc(-c3ccc(Br)cc3)c12. The summed E-state index contributed by atoms with van der Waals surface area (Å²) in [7, 11) is 0. The highest BCUT2D eigenvalue weighted by atomic mass is 79.9. The summed E-state index contributed by atoms with van der Waals surface area (Å²) in [5, 5.41) is 1.91. The molecule has 0 aliphatic rings. The van der Waals surface area contributed by atoms with E-state index in [1.54, 1.807) is 0 Å². The molecule has 0 saturated carbocycles. The Labute approximate surface area is 138 Å². The minimum atomic E-state index is 0.648. The number of aromatic nitrogens is 1. The first-order valence-corrected chi connectivity index (χ1v) is 8.81. The average Bonchev–Trinajstić information content (AvgIpc) is 2.90. The molecule has 0 amide bonds. The Morgan fingerprint density at radius 3 is 2.65 bits per heavy atom. The number of nitrogens with zero attached hydrogens (tertiary/aromatic N) is 1. The van der Waals surface area contributed by atoms with Gasteiger partial charge in [0.05, 0.1) is 22.4 Å². The zero-order valence-electron chi connectivity index (χ0n) is 10.5. The largest absolute Gasteiger partial charge is 0.492 e. The molecule has 3 rings (SSSR count). The van der Waals surface area contributed by atoms with Gasteiger partial charge < -0.3 is 4.74 Å². The van der Waals surface area contributed by atoms with Crippen molar-refractivity contribution >= 4 is 53.5 Å². The van der Waals surface area contributed by atoms with Gasteiger partial charge in [0.1, 0.15) is 5.75 Å². The number of benzene rings is 2. The highest BCUT2D eigenvalue weighted by molar-refractivity contribution is 9.10. The molecule has 5 heteroatoms. The first kappa shape index (κ1) is 14.0. The Morgan fingerprint density at radius 1 is 1.10 bits per heavy atom. The van der Waals surface area contributed by atoms with Gasteiger partial charge in [0.15, 0.2) is 0 Å². The zero-order chi connectivity index (χ0) is 13.9. The Balaban J connectivity index is 2.13. The van der Waals surface area contributed by atoms with Crippen LogP contribution in [0, 0.1) is 0 Å². The van der Waals surface area contributed by atoms with Crippen LogP contribution >= 0.6 is 43.4 Å². The van der Waals surface area contributed by atoms with E-state index in [0.717, 1.165) is 36.9 Å². The van der Waals surface area contributed by atoms with Crippen LogP contribution in [0.3, 0.4) is 0 Å². The Bertz CT molecular complexity index is 724. The van der Waals surface area contributed by atoms with Gasteiger partial charge in [0, 0.05) is 15.4 Å². The summed E-state index contributed by atoms with van der Waals surface area (Å²) < 4.78 is 12.6. The topological polar surface area (TPSA) is 22.1 Å². The van der Waals surface area contributed by atoms with E-state index < -0.39 is 0 Å². The van der Waals surface area contributed by atoms with Crippen LogP contribution in [0.5, 0.6) is 5.75 Å². The molecule has 0 aliphatic carbocycles. The van der Waals surface area contributed by atoms with Crippen molar-refractivity contribution in [2.75, 3.05) is 11.9 Å². The van der Waals surface area contributed by atoms with E-state index in [1.807, 2.05) is 24.3 Å². The fourth-order valence-electron chi connectivity index (χ4n) is 2.03. The van der Waals surface area contributed by atoms with Crippen molar-refractivity contribution in [2.45, 2.75) is 0 Å². The number of alkyl halides is 1. The highest BCUT2D eigenvalue weighted by Crippen LogP contribution is 2.37. The lowest BCUT2D eigenvalue weighted by Crippen LogP contribution is -1.98. The number of hydrogen-bond donors (Lipinski definition) is 0. The van der Waals surface area contributed by atoms with Crippen molar-refractivity contribution in [2.24, 2.45) is 0 Å². The van der Waals surface area contributed by atoms with Gasteiger partial charge in [-0.2, -0.15) is 4.37 Å². The fraction of sp³-hybridized carbons (Fsp3) is 0.133. The summed E-state index contributed by atoms with van der Waals surface area (Å²) in [6.45, 7) is 0.648. The number of fused-ring (bicyclic) bond motifs is 1. The maximum Gasteiger partial charge on any atom is 0.130 e. The van der Waals surface area contributed by atoms with Gasteiger partial charge in [-0.05, 0) is 35.8 Å². The van der Waals surface area contributed by atoms with Crippen molar-refractivity contribution in [3.63, 3.8) is 0 Å². The van der Waals surface area contributed by atoms with Crippen LogP contribution < -0.4 is 4.74 Å². The molecule has 0 saturated heterocycles. The quantitative estimate of drug-likeness (QED) is 0.528. The second-order valence-corrected chi connectivity index (χ2v) is 6.72. The van der Waals surface area contributed by atoms with E-state index in [9.17, 15) is 0 Å². The second-order valence-electron chi connectivity index (χ2n) is 4.20. The third-order valence-electron chi connectivity index (χ3n) is 2.91. The van der Waals surface area contributed by atoms with Gasteiger partial charge in [-0.3, -0.25) is 0 Å². The maximum atomic E-state index is 5.82. The highest BCUT2D eigenvalue weighted by Gasteiger charge is 2.13. The molecule has 1 aromatic heterocycles. The van der Waals surface area contributed by atoms with Gasteiger partial charge in [-0.15, -0.1) is 0 Å². The molecule has 0 radical (unpaired) electrons. The predicted molar refractivity (Wildman–Crippen MR) is 92.0 cm³/mol. The van der Waals surface area contributed by atoms with Crippen molar-refractivity contribution < 1.29 is 4.74 Å². The van der Waals surface area contributed by atoms with Crippen LogP contribution in [0.1, 0.15) is 0 Å². The van der Waals surface area contributed by atoms with Crippen LogP contribution in [0.15, 0.2) is 46.9 Å². The Kier molecular flexibility index (Phi) is 4.38. The molecule has 1 heterocycles. The lowest BCUT2D eigenvalue weighted by Gasteiger charge is -2.07.